The Labute approximate surface area is 168 Å². The Hall–Kier alpha value is -1.03. The van der Waals surface area contributed by atoms with Gasteiger partial charge in [-0.15, -0.1) is 11.3 Å². The molecule has 0 aliphatic heterocycles. The fourth-order valence-corrected chi connectivity index (χ4v) is 4.89. The summed E-state index contributed by atoms with van der Waals surface area (Å²) in [6, 6.07) is 5.85. The highest BCUT2D eigenvalue weighted by molar-refractivity contribution is 7.82. The zero-order valence-electron chi connectivity index (χ0n) is 16.0. The second-order valence-corrected chi connectivity index (χ2v) is 8.82. The van der Waals surface area contributed by atoms with E-state index in [0.29, 0.717) is 17.4 Å². The van der Waals surface area contributed by atoms with Gasteiger partial charge in [0.15, 0.2) is 11.1 Å². The predicted octanol–water partition coefficient (Wildman–Crippen LogP) is 2.95. The summed E-state index contributed by atoms with van der Waals surface area (Å²) in [6.07, 6.45) is 4.12. The molecule has 1 heterocycles. The maximum absolute atomic E-state index is 11.4. The number of hydrogen-bond acceptors (Lipinski definition) is 6. The summed E-state index contributed by atoms with van der Waals surface area (Å²) in [6.45, 7) is 7.03. The average Bonchev–Trinajstić information content (AvgIpc) is 2.99. The summed E-state index contributed by atoms with van der Waals surface area (Å²) in [5.74, 6) is 0.801. The topological polar surface area (TPSA) is 102 Å². The fourth-order valence-electron chi connectivity index (χ4n) is 3.04. The largest absolute Gasteiger partial charge is 0.494 e. The van der Waals surface area contributed by atoms with E-state index in [1.54, 1.807) is 0 Å². The molecule has 1 aromatic heterocycles. The van der Waals surface area contributed by atoms with E-state index in [4.69, 9.17) is 16.2 Å². The van der Waals surface area contributed by atoms with Crippen LogP contribution in [0.25, 0.3) is 10.1 Å². The minimum Gasteiger partial charge on any atom is -0.494 e. The smallest absolute Gasteiger partial charge is 0.197 e. The third kappa shape index (κ3) is 6.81. The lowest BCUT2D eigenvalue weighted by Crippen LogP contribution is -2.29. The quantitative estimate of drug-likeness (QED) is 0.345. The van der Waals surface area contributed by atoms with E-state index >= 15 is 0 Å². The van der Waals surface area contributed by atoms with Gasteiger partial charge in [-0.3, -0.25) is 0 Å². The highest BCUT2D eigenvalue weighted by Crippen LogP contribution is 2.34. The van der Waals surface area contributed by atoms with E-state index in [1.807, 2.05) is 25.1 Å². The molecule has 0 saturated heterocycles. The number of ether oxygens (including phenoxy) is 1. The second-order valence-electron chi connectivity index (χ2n) is 6.60. The molecule has 152 valence electrons. The third-order valence-electron chi connectivity index (χ3n) is 4.52. The molecule has 1 atom stereocenters. The van der Waals surface area contributed by atoms with Crippen LogP contribution < -0.4 is 16.2 Å². The van der Waals surface area contributed by atoms with Gasteiger partial charge in [-0.2, -0.15) is 0 Å². The number of aryl methyl sites for hydroxylation is 1. The molecule has 0 saturated carbocycles. The van der Waals surface area contributed by atoms with Gasteiger partial charge < -0.3 is 25.7 Å². The van der Waals surface area contributed by atoms with Crippen LogP contribution in [0.1, 0.15) is 31.2 Å². The maximum Gasteiger partial charge on any atom is 0.197 e. The lowest BCUT2D eigenvalue weighted by atomic mass is 10.2. The van der Waals surface area contributed by atoms with Crippen molar-refractivity contribution >= 4 is 32.5 Å². The van der Waals surface area contributed by atoms with E-state index < -0.39 is 11.1 Å². The molecule has 27 heavy (non-hydrogen) atoms. The molecule has 0 radical (unpaired) electrons. The number of rotatable bonds is 13. The summed E-state index contributed by atoms with van der Waals surface area (Å²) in [5, 5.41) is 0.987. The maximum atomic E-state index is 11.4. The number of nitrogens with two attached hydrogens (primary N) is 2. The molecule has 0 amide bonds. The van der Waals surface area contributed by atoms with Crippen molar-refractivity contribution in [2.75, 3.05) is 39.3 Å². The monoisotopic (exact) mass is 413 g/mol. The molecule has 5 N–H and O–H groups in total. The molecule has 2 aromatic rings. The second kappa shape index (κ2) is 11.7. The minimum atomic E-state index is -1.94. The van der Waals surface area contributed by atoms with Crippen LogP contribution in [-0.2, 0) is 11.1 Å². The van der Waals surface area contributed by atoms with Crippen LogP contribution in [-0.4, -0.2) is 53.0 Å². The highest BCUT2D eigenvalue weighted by Gasteiger charge is 2.13. The van der Waals surface area contributed by atoms with Crippen LogP contribution in [0, 0.1) is 6.92 Å². The molecule has 0 aliphatic carbocycles. The summed E-state index contributed by atoms with van der Waals surface area (Å²) >= 11 is -0.585. The zero-order valence-corrected chi connectivity index (χ0v) is 17.6. The van der Waals surface area contributed by atoms with E-state index in [2.05, 4.69) is 4.90 Å². The van der Waals surface area contributed by atoms with E-state index in [0.717, 1.165) is 73.3 Å². The third-order valence-corrected chi connectivity index (χ3v) is 6.89. The van der Waals surface area contributed by atoms with E-state index in [9.17, 15) is 8.76 Å². The minimum absolute atomic E-state index is 0.509. The first-order chi connectivity index (χ1) is 13.1. The molecule has 0 fully saturated rings. The Bertz CT molecular complexity index is 736. The van der Waals surface area contributed by atoms with Crippen LogP contribution in [0.3, 0.4) is 0 Å². The molecular formula is C19H31N3O3S2. The number of hydrogen-bond donors (Lipinski definition) is 3. The molecular weight excluding hydrogens is 382 g/mol. The first-order valence-corrected chi connectivity index (χ1v) is 11.4. The predicted molar refractivity (Wildman–Crippen MR) is 114 cm³/mol. The molecule has 0 aliphatic rings. The molecule has 0 bridgehead atoms. The number of thiophene rings is 1. The standard InChI is InChI=1S/C19H31N3O3S2/c1-15-17-14-16(6-7-18(17)26-19(15)27(23)24)25-13-5-12-22(11-4-9-21)10-3-2-8-20/h6-7,14H,2-5,8-13,20-21H2,1H3,(H,23,24). The number of nitrogens with zero attached hydrogens (tertiary/aromatic N) is 1. The van der Waals surface area contributed by atoms with Gasteiger partial charge in [-0.05, 0) is 82.5 Å². The molecule has 1 unspecified atom stereocenters. The summed E-state index contributed by atoms with van der Waals surface area (Å²) in [5.41, 5.74) is 12.1. The summed E-state index contributed by atoms with van der Waals surface area (Å²) in [4.78, 5) is 2.43. The van der Waals surface area contributed by atoms with Gasteiger partial charge in [0.1, 0.15) is 9.96 Å². The number of fused-ring (bicyclic) bond motifs is 1. The molecule has 6 nitrogen and oxygen atoms in total. The molecule has 1 aromatic carbocycles. The SMILES string of the molecule is Cc1c(S(=O)O)sc2ccc(OCCCN(CCCN)CCCCN)cc12. The Morgan fingerprint density at radius 3 is 2.52 bits per heavy atom. The van der Waals surface area contributed by atoms with E-state index in [1.165, 1.54) is 11.3 Å². The normalized spacial score (nSPS) is 12.8. The van der Waals surface area contributed by atoms with Gasteiger partial charge >= 0.3 is 0 Å². The highest BCUT2D eigenvalue weighted by atomic mass is 32.2. The Kier molecular flexibility index (Phi) is 9.67. The van der Waals surface area contributed by atoms with Crippen molar-refractivity contribution in [2.24, 2.45) is 11.5 Å². The van der Waals surface area contributed by atoms with Crippen molar-refractivity contribution in [2.45, 2.75) is 36.8 Å². The molecule has 2 rings (SSSR count). The van der Waals surface area contributed by atoms with Gasteiger partial charge in [0.25, 0.3) is 0 Å². The van der Waals surface area contributed by atoms with Crippen LogP contribution in [0.4, 0.5) is 0 Å². The van der Waals surface area contributed by atoms with Crippen molar-refractivity contribution in [3.8, 4) is 5.75 Å². The van der Waals surface area contributed by atoms with Gasteiger partial charge in [-0.25, -0.2) is 4.21 Å². The van der Waals surface area contributed by atoms with Crippen molar-refractivity contribution in [3.05, 3.63) is 23.8 Å². The molecule has 0 spiro atoms. The Morgan fingerprint density at radius 2 is 1.81 bits per heavy atom. The first-order valence-electron chi connectivity index (χ1n) is 9.46. The average molecular weight is 414 g/mol. The van der Waals surface area contributed by atoms with Gasteiger partial charge in [0.2, 0.25) is 0 Å². The summed E-state index contributed by atoms with van der Waals surface area (Å²) in [7, 11) is 0. The Morgan fingerprint density at radius 1 is 1.11 bits per heavy atom. The zero-order chi connectivity index (χ0) is 19.6. The van der Waals surface area contributed by atoms with Crippen molar-refractivity contribution < 1.29 is 13.5 Å². The fraction of sp³-hybridized carbons (Fsp3) is 0.579. The van der Waals surface area contributed by atoms with Crippen molar-refractivity contribution in [1.82, 2.24) is 4.90 Å². The molecule has 8 heteroatoms. The number of unbranched alkanes of at least 4 members (excludes halogenated alkanes) is 1. The van der Waals surface area contributed by atoms with Gasteiger partial charge in [-0.1, -0.05) is 0 Å². The van der Waals surface area contributed by atoms with Crippen molar-refractivity contribution in [3.63, 3.8) is 0 Å². The first kappa shape index (κ1) is 22.3. The van der Waals surface area contributed by atoms with Crippen LogP contribution in [0.2, 0.25) is 0 Å². The lowest BCUT2D eigenvalue weighted by molar-refractivity contribution is 0.230. The number of benzene rings is 1. The van der Waals surface area contributed by atoms with Crippen molar-refractivity contribution in [1.29, 1.82) is 0 Å². The van der Waals surface area contributed by atoms with Crippen LogP contribution in [0.5, 0.6) is 5.75 Å². The van der Waals surface area contributed by atoms with Crippen LogP contribution >= 0.6 is 11.3 Å². The van der Waals surface area contributed by atoms with E-state index in [-0.39, 0.29) is 0 Å². The van der Waals surface area contributed by atoms with Gasteiger partial charge in [0.05, 0.1) is 6.61 Å². The Balaban J connectivity index is 1.86. The summed E-state index contributed by atoms with van der Waals surface area (Å²) < 4.78 is 28.2. The lowest BCUT2D eigenvalue weighted by Gasteiger charge is -2.22. The van der Waals surface area contributed by atoms with Crippen LogP contribution in [0.15, 0.2) is 22.4 Å². The van der Waals surface area contributed by atoms with Gasteiger partial charge in [0, 0.05) is 16.6 Å².